The summed E-state index contributed by atoms with van der Waals surface area (Å²) in [5, 5.41) is 5.84. The van der Waals surface area contributed by atoms with E-state index in [1.807, 2.05) is 0 Å². The fourth-order valence-electron chi connectivity index (χ4n) is 0.779. The van der Waals surface area contributed by atoms with Crippen molar-refractivity contribution in [3.63, 3.8) is 0 Å². The van der Waals surface area contributed by atoms with Gasteiger partial charge in [0, 0.05) is 18.2 Å². The van der Waals surface area contributed by atoms with E-state index in [-0.39, 0.29) is 12.4 Å². The smallest absolute Gasteiger partial charge is 0.330 e. The van der Waals surface area contributed by atoms with Gasteiger partial charge in [0.15, 0.2) is 5.82 Å². The van der Waals surface area contributed by atoms with Crippen molar-refractivity contribution >= 4 is 17.7 Å². The van der Waals surface area contributed by atoms with Gasteiger partial charge in [-0.1, -0.05) is 5.16 Å². The Kier molecular flexibility index (Phi) is 4.08. The molecule has 0 atom stereocenters. The molecule has 6 nitrogen and oxygen atoms in total. The SMILES string of the molecule is CCOC(=O)/C=C/C(=O)Nc1ccon1. The summed E-state index contributed by atoms with van der Waals surface area (Å²) in [4.78, 5) is 22.0. The number of aromatic nitrogens is 1. The van der Waals surface area contributed by atoms with Crippen LogP contribution in [-0.4, -0.2) is 23.6 Å². The van der Waals surface area contributed by atoms with Crippen LogP contribution in [0.1, 0.15) is 6.92 Å². The molecule has 1 amide bonds. The average Bonchev–Trinajstić information content (AvgIpc) is 2.68. The fraction of sp³-hybridized carbons (Fsp3) is 0.222. The number of nitrogens with one attached hydrogen (secondary N) is 1. The van der Waals surface area contributed by atoms with Crippen LogP contribution in [0.5, 0.6) is 0 Å². The molecule has 1 rings (SSSR count). The van der Waals surface area contributed by atoms with E-state index in [4.69, 9.17) is 0 Å². The molecule has 0 spiro atoms. The molecule has 1 aromatic heterocycles. The maximum atomic E-state index is 11.1. The average molecular weight is 210 g/mol. The van der Waals surface area contributed by atoms with Gasteiger partial charge in [0.1, 0.15) is 6.26 Å². The third kappa shape index (κ3) is 4.08. The number of hydrogen-bond acceptors (Lipinski definition) is 5. The molecular formula is C9H10N2O4. The second kappa shape index (κ2) is 5.58. The minimum atomic E-state index is -0.562. The quantitative estimate of drug-likeness (QED) is 0.585. The summed E-state index contributed by atoms with van der Waals surface area (Å²) in [5.41, 5.74) is 0. The largest absolute Gasteiger partial charge is 0.463 e. The highest BCUT2D eigenvalue weighted by Crippen LogP contribution is 2.00. The Morgan fingerprint density at radius 1 is 1.60 bits per heavy atom. The molecule has 0 saturated carbocycles. The third-order valence-electron chi connectivity index (χ3n) is 1.35. The molecule has 0 aliphatic rings. The fourth-order valence-corrected chi connectivity index (χ4v) is 0.779. The molecule has 0 bridgehead atoms. The number of carbonyl (C=O) groups is 2. The minimum absolute atomic E-state index is 0.272. The van der Waals surface area contributed by atoms with E-state index < -0.39 is 11.9 Å². The van der Waals surface area contributed by atoms with E-state index in [0.29, 0.717) is 0 Å². The Hall–Kier alpha value is -2.11. The summed E-state index contributed by atoms with van der Waals surface area (Å²) >= 11 is 0. The van der Waals surface area contributed by atoms with Crippen molar-refractivity contribution in [2.45, 2.75) is 6.92 Å². The van der Waals surface area contributed by atoms with Crippen LogP contribution in [0, 0.1) is 0 Å². The molecule has 6 heteroatoms. The van der Waals surface area contributed by atoms with Crippen LogP contribution < -0.4 is 5.32 Å². The number of ether oxygens (including phenoxy) is 1. The summed E-state index contributed by atoms with van der Waals surface area (Å²) in [6.45, 7) is 1.95. The first-order chi connectivity index (χ1) is 7.22. The van der Waals surface area contributed by atoms with Gasteiger partial charge in [-0.2, -0.15) is 0 Å². The highest BCUT2D eigenvalue weighted by Gasteiger charge is 2.01. The van der Waals surface area contributed by atoms with Gasteiger partial charge in [0.2, 0.25) is 5.91 Å². The normalized spacial score (nSPS) is 10.2. The Balaban J connectivity index is 2.39. The number of carbonyl (C=O) groups excluding carboxylic acids is 2. The first-order valence-electron chi connectivity index (χ1n) is 4.28. The standard InChI is InChI=1S/C9H10N2O4/c1-2-14-9(13)4-3-8(12)10-7-5-6-15-11-7/h3-6H,2H2,1H3,(H,10,11,12)/b4-3+. The minimum Gasteiger partial charge on any atom is -0.463 e. The van der Waals surface area contributed by atoms with Crippen LogP contribution in [0.15, 0.2) is 29.0 Å². The maximum Gasteiger partial charge on any atom is 0.330 e. The Bertz CT molecular complexity index is 356. The van der Waals surface area contributed by atoms with Crippen molar-refractivity contribution in [3.05, 3.63) is 24.5 Å². The summed E-state index contributed by atoms with van der Waals surface area (Å²) in [7, 11) is 0. The summed E-state index contributed by atoms with van der Waals surface area (Å²) in [6, 6.07) is 1.48. The van der Waals surface area contributed by atoms with Crippen molar-refractivity contribution in [1.29, 1.82) is 0 Å². The molecule has 0 aliphatic carbocycles. The summed E-state index contributed by atoms with van der Waals surface area (Å²) in [5.74, 6) is -0.752. The number of anilines is 1. The van der Waals surface area contributed by atoms with Crippen LogP contribution in [-0.2, 0) is 14.3 Å². The monoisotopic (exact) mass is 210 g/mol. The Morgan fingerprint density at radius 3 is 3.00 bits per heavy atom. The zero-order chi connectivity index (χ0) is 11.1. The van der Waals surface area contributed by atoms with Crippen molar-refractivity contribution in [2.75, 3.05) is 11.9 Å². The van der Waals surface area contributed by atoms with Gasteiger partial charge in [-0.05, 0) is 6.92 Å². The topological polar surface area (TPSA) is 81.4 Å². The molecule has 1 aromatic rings. The van der Waals surface area contributed by atoms with Gasteiger partial charge in [0.05, 0.1) is 6.61 Å². The molecule has 0 saturated heterocycles. The molecule has 0 unspecified atom stereocenters. The number of hydrogen-bond donors (Lipinski definition) is 1. The van der Waals surface area contributed by atoms with Crippen LogP contribution in [0.4, 0.5) is 5.82 Å². The first kappa shape index (κ1) is 11.0. The lowest BCUT2D eigenvalue weighted by molar-refractivity contribution is -0.137. The summed E-state index contributed by atoms with van der Waals surface area (Å²) in [6.07, 6.45) is 3.43. The predicted molar refractivity (Wildman–Crippen MR) is 50.9 cm³/mol. The maximum absolute atomic E-state index is 11.1. The highest BCUT2D eigenvalue weighted by atomic mass is 16.5. The number of amides is 1. The van der Waals surface area contributed by atoms with Gasteiger partial charge < -0.3 is 14.6 Å². The van der Waals surface area contributed by atoms with Crippen molar-refractivity contribution in [2.24, 2.45) is 0 Å². The number of esters is 1. The van der Waals surface area contributed by atoms with Crippen molar-refractivity contribution < 1.29 is 18.8 Å². The Morgan fingerprint density at radius 2 is 2.40 bits per heavy atom. The molecule has 1 N–H and O–H groups in total. The third-order valence-corrected chi connectivity index (χ3v) is 1.35. The number of rotatable bonds is 4. The van der Waals surface area contributed by atoms with Crippen molar-refractivity contribution in [1.82, 2.24) is 5.16 Å². The van der Waals surface area contributed by atoms with E-state index in [1.54, 1.807) is 6.92 Å². The van der Waals surface area contributed by atoms with Crippen LogP contribution in [0.3, 0.4) is 0 Å². The lowest BCUT2D eigenvalue weighted by atomic mass is 10.4. The molecule has 0 radical (unpaired) electrons. The van der Waals surface area contributed by atoms with Gasteiger partial charge in [-0.3, -0.25) is 4.79 Å². The lowest BCUT2D eigenvalue weighted by Gasteiger charge is -1.95. The molecule has 0 fully saturated rings. The molecule has 0 aliphatic heterocycles. The van der Waals surface area contributed by atoms with E-state index in [0.717, 1.165) is 12.2 Å². The highest BCUT2D eigenvalue weighted by molar-refractivity contribution is 6.01. The van der Waals surface area contributed by atoms with E-state index in [1.165, 1.54) is 12.3 Å². The van der Waals surface area contributed by atoms with E-state index in [2.05, 4.69) is 19.7 Å². The Labute approximate surface area is 85.9 Å². The van der Waals surface area contributed by atoms with E-state index in [9.17, 15) is 9.59 Å². The van der Waals surface area contributed by atoms with E-state index >= 15 is 0 Å². The van der Waals surface area contributed by atoms with Crippen molar-refractivity contribution in [3.8, 4) is 0 Å². The lowest BCUT2D eigenvalue weighted by Crippen LogP contribution is -2.09. The van der Waals surface area contributed by atoms with Gasteiger partial charge in [-0.25, -0.2) is 4.79 Å². The van der Waals surface area contributed by atoms with Crippen LogP contribution in [0.25, 0.3) is 0 Å². The molecule has 80 valence electrons. The van der Waals surface area contributed by atoms with Gasteiger partial charge >= 0.3 is 5.97 Å². The summed E-state index contributed by atoms with van der Waals surface area (Å²) < 4.78 is 9.09. The zero-order valence-electron chi connectivity index (χ0n) is 8.10. The van der Waals surface area contributed by atoms with Crippen LogP contribution >= 0.6 is 0 Å². The predicted octanol–water partition coefficient (Wildman–Crippen LogP) is 0.732. The first-order valence-corrected chi connectivity index (χ1v) is 4.28. The zero-order valence-corrected chi connectivity index (χ0v) is 8.10. The second-order valence-electron chi connectivity index (χ2n) is 2.46. The number of nitrogens with zero attached hydrogens (tertiary/aromatic N) is 1. The second-order valence-corrected chi connectivity index (χ2v) is 2.46. The molecular weight excluding hydrogens is 200 g/mol. The molecule has 15 heavy (non-hydrogen) atoms. The molecule has 1 heterocycles. The molecule has 0 aromatic carbocycles. The van der Waals surface area contributed by atoms with Gasteiger partial charge in [-0.15, -0.1) is 0 Å². The van der Waals surface area contributed by atoms with Gasteiger partial charge in [0.25, 0.3) is 0 Å². The van der Waals surface area contributed by atoms with Crippen LogP contribution in [0.2, 0.25) is 0 Å².